The Hall–Kier alpha value is -10.2. The second-order valence-electron chi connectivity index (χ2n) is 34.4. The largest absolute Gasteiger partial charge is 0.491 e. The highest BCUT2D eigenvalue weighted by Gasteiger charge is 2.26. The highest BCUT2D eigenvalue weighted by molar-refractivity contribution is 6.38. The number of hydrogen-bond donors (Lipinski definition) is 2. The fourth-order valence-corrected chi connectivity index (χ4v) is 15.4. The molecule has 0 bridgehead atoms. The number of likely N-dealkylation sites (N-methyl/N-ethyl adjacent to an activating group) is 1. The van der Waals surface area contributed by atoms with Gasteiger partial charge in [-0.05, 0) is 203 Å². The first-order chi connectivity index (χ1) is 65.3. The van der Waals surface area contributed by atoms with Gasteiger partial charge in [0, 0.05) is 134 Å². The van der Waals surface area contributed by atoms with Crippen molar-refractivity contribution in [2.45, 2.75) is 152 Å². The highest BCUT2D eigenvalue weighted by Crippen LogP contribution is 2.42. The SMILES string of the molecule is CC(C)Nc1nc(-c2cc(OC(C)C)c3ccc(OCCN4CCOCC4)c(Cl)c3n2)co1.CC(C)Oc1cc(OCCN(C)C)nc2c(Cl)cccc12.CC(C)Oc1cc(OCCN2CC(O)C2)nc2c(Cl)cccc12.CC(C)Oc1cc(OCCN2CCC2)nc2c(Cl)cccc12.COCCOc1cc(OC(C)C)c2cccc(Cl)c2n1.COc1cc(OC(C)C)c2cccc(Cl)c2n1. The van der Waals surface area contributed by atoms with Crippen molar-refractivity contribution in [2.24, 2.45) is 0 Å². The third-order valence-corrected chi connectivity index (χ3v) is 22.2. The Morgan fingerprint density at radius 1 is 0.382 bits per heavy atom. The number of ether oxygens (including phenoxy) is 14. The molecule has 3 aliphatic heterocycles. The molecule has 3 fully saturated rings. The number of fused-ring (bicyclic) bond motifs is 6. The number of halogens is 6. The molecule has 13 aromatic rings. The van der Waals surface area contributed by atoms with Crippen molar-refractivity contribution in [2.75, 3.05) is 152 Å². The highest BCUT2D eigenvalue weighted by atomic mass is 35.5. The van der Waals surface area contributed by atoms with Gasteiger partial charge in [-0.3, -0.25) is 14.7 Å². The van der Waals surface area contributed by atoms with Gasteiger partial charge < -0.3 is 86.1 Å². The number of aromatic nitrogens is 7. The van der Waals surface area contributed by atoms with E-state index in [1.165, 1.54) is 19.5 Å². The van der Waals surface area contributed by atoms with Crippen LogP contribution in [0.25, 0.3) is 76.8 Å². The normalized spacial score (nSPS) is 13.5. The number of anilines is 1. The van der Waals surface area contributed by atoms with Gasteiger partial charge in [-0.15, -0.1) is 0 Å². The van der Waals surface area contributed by atoms with Gasteiger partial charge in [-0.1, -0.05) is 99.9 Å². The van der Waals surface area contributed by atoms with E-state index in [0.717, 1.165) is 119 Å². The molecule has 3 aliphatic rings. The Balaban J connectivity index is 0.000000159. The number of rotatable bonds is 36. The average molecular weight is 1990 g/mol. The quantitative estimate of drug-likeness (QED) is 0.0345. The van der Waals surface area contributed by atoms with E-state index in [-0.39, 0.29) is 48.8 Å². The first-order valence-corrected chi connectivity index (χ1v) is 48.1. The van der Waals surface area contributed by atoms with Crippen LogP contribution in [0.15, 0.2) is 150 Å². The molecule has 0 radical (unpaired) electrons. The van der Waals surface area contributed by atoms with Crippen LogP contribution < -0.4 is 62.2 Å². The molecule has 0 atom stereocenters. The number of benzene rings is 6. The van der Waals surface area contributed by atoms with Gasteiger partial charge in [-0.2, -0.15) is 4.98 Å². The second kappa shape index (κ2) is 52.6. The summed E-state index contributed by atoms with van der Waals surface area (Å²) in [5.74, 6) is 7.57. The molecule has 0 spiro atoms. The van der Waals surface area contributed by atoms with Crippen LogP contribution in [0.3, 0.4) is 0 Å². The van der Waals surface area contributed by atoms with Crippen molar-refractivity contribution in [1.29, 1.82) is 0 Å². The van der Waals surface area contributed by atoms with E-state index in [1.54, 1.807) is 50.8 Å². The Labute approximate surface area is 826 Å². The summed E-state index contributed by atoms with van der Waals surface area (Å²) < 4.78 is 85.2. The van der Waals surface area contributed by atoms with E-state index >= 15 is 0 Å². The van der Waals surface area contributed by atoms with E-state index in [9.17, 15) is 5.11 Å². The lowest BCUT2D eigenvalue weighted by molar-refractivity contribution is -0.00412. The fourth-order valence-electron chi connectivity index (χ4n) is 14.0. The molecule has 6 aromatic carbocycles. The number of nitrogens with one attached hydrogen (secondary N) is 1. The second-order valence-corrected chi connectivity index (χ2v) is 36.8. The monoisotopic (exact) mass is 1980 g/mol. The van der Waals surface area contributed by atoms with Gasteiger partial charge in [0.15, 0.2) is 0 Å². The first-order valence-electron chi connectivity index (χ1n) is 45.8. The molecule has 2 N–H and O–H groups in total. The molecule has 0 unspecified atom stereocenters. The van der Waals surface area contributed by atoms with Crippen molar-refractivity contribution in [3.8, 4) is 81.0 Å². The number of nitrogens with zero attached hydrogens (tertiary/aromatic N) is 11. The molecule has 0 amide bonds. The van der Waals surface area contributed by atoms with E-state index in [2.05, 4.69) is 54.8 Å². The molecule has 10 heterocycles. The van der Waals surface area contributed by atoms with Crippen LogP contribution in [0.2, 0.25) is 30.1 Å². The third kappa shape index (κ3) is 31.7. The topological polar surface area (TPSA) is 278 Å². The summed E-state index contributed by atoms with van der Waals surface area (Å²) in [6.45, 7) is 41.5. The van der Waals surface area contributed by atoms with Crippen LogP contribution >= 0.6 is 69.6 Å². The number of aliphatic hydroxyl groups is 1. The first kappa shape index (κ1) is 106. The number of aliphatic hydroxyl groups excluding tert-OH is 1. The molecule has 3 saturated heterocycles. The minimum Gasteiger partial charge on any atom is -0.491 e. The predicted octanol–water partition coefficient (Wildman–Crippen LogP) is 22.4. The smallest absolute Gasteiger partial charge is 0.295 e. The zero-order valence-electron chi connectivity index (χ0n) is 80.7. The fraction of sp³-hybridized carbons (Fsp3) is 0.441. The summed E-state index contributed by atoms with van der Waals surface area (Å²) in [5, 5.41) is 21.1. The number of β-amino-alcohol motifs (C(OH)–C–C–N with tert-alkyl or cyclic N) is 1. The van der Waals surface area contributed by atoms with Crippen LogP contribution in [0.4, 0.5) is 6.01 Å². The van der Waals surface area contributed by atoms with Crippen molar-refractivity contribution >= 4 is 141 Å². The number of oxazole rings is 1. The lowest BCUT2D eigenvalue weighted by Crippen LogP contribution is -2.51. The van der Waals surface area contributed by atoms with Gasteiger partial charge in [0.05, 0.1) is 134 Å². The maximum atomic E-state index is 9.28. The molecule has 732 valence electrons. The predicted molar refractivity (Wildman–Crippen MR) is 545 cm³/mol. The molecular formula is C102H126Cl6N12O16. The summed E-state index contributed by atoms with van der Waals surface area (Å²) in [6.07, 6.45) is 3.01. The summed E-state index contributed by atoms with van der Waals surface area (Å²) in [7, 11) is 7.20. The third-order valence-electron chi connectivity index (χ3n) is 20.4. The number of para-hydroxylation sites is 5. The Kier molecular flexibility index (Phi) is 41.1. The maximum absolute atomic E-state index is 9.28. The molecule has 7 aromatic heterocycles. The summed E-state index contributed by atoms with van der Waals surface area (Å²) in [5.41, 5.74) is 5.31. The van der Waals surface area contributed by atoms with Crippen molar-refractivity contribution in [1.82, 2.24) is 54.5 Å². The summed E-state index contributed by atoms with van der Waals surface area (Å²) in [4.78, 5) is 40.4. The van der Waals surface area contributed by atoms with Crippen LogP contribution in [0, 0.1) is 0 Å². The number of methoxy groups -OCH3 is 2. The van der Waals surface area contributed by atoms with Gasteiger partial charge in [0.1, 0.15) is 90.3 Å². The standard InChI is InChI=1S/C24H31ClN4O4.C17H21ClN2O3.C17H21ClN2O2.C16H21ClN2O2.C15H18ClNO3.C13H14ClNO2/c1-15(2)26-24-28-19(14-32-24)18-13-21(33-16(3)4)17-5-6-20(22(25)23(17)27-18)31-12-9-29-7-10-30-11-8-29;1-11(2)23-15-8-16(22-7-6-20-9-12(21)10-20)19-17-13(15)4-3-5-14(17)18;1-12(2)22-15-11-16(21-10-9-20-7-4-8-20)19-17-13(15)5-3-6-14(17)18;1-11(2)21-14-10-15(20-9-8-19(3)4)18-16-12(14)6-5-7-13(16)17;1-10(2)20-13-9-14(19-8-7-18-3)17-15-11(13)5-4-6-12(15)16;1-8(2)17-11-7-12(16-3)15-13-9(11)5-4-6-10(13)14/h5-6,13-16H,7-12H2,1-4H3,(H,26,28);3-5,8,11-12,21H,6-7,9-10H2,1-2H3;3,5-6,11-12H,4,7-10H2,1-2H3;5-7,10-11H,8-9H2,1-4H3;4-6,9-10H,7-8H2,1-3H3;4-8H,1-3H3. The molecule has 136 heavy (non-hydrogen) atoms. The van der Waals surface area contributed by atoms with E-state index in [0.29, 0.717) is 169 Å². The molecule has 0 saturated carbocycles. The number of likely N-dealkylation sites (tertiary alicyclic amines) is 2. The van der Waals surface area contributed by atoms with Crippen LogP contribution in [0.1, 0.15) is 103 Å². The lowest BCUT2D eigenvalue weighted by Gasteiger charge is -2.35. The molecule has 16 rings (SSSR count). The molecule has 34 heteroatoms. The van der Waals surface area contributed by atoms with Crippen LogP contribution in [0.5, 0.6) is 69.6 Å². The van der Waals surface area contributed by atoms with Gasteiger partial charge in [0.25, 0.3) is 6.01 Å². The van der Waals surface area contributed by atoms with E-state index < -0.39 is 0 Å². The zero-order valence-corrected chi connectivity index (χ0v) is 85.2. The number of hydrogen-bond acceptors (Lipinski definition) is 28. The minimum atomic E-state index is -0.196. The molecule has 28 nitrogen and oxygen atoms in total. The van der Waals surface area contributed by atoms with Crippen LogP contribution in [-0.2, 0) is 9.47 Å². The van der Waals surface area contributed by atoms with Crippen molar-refractivity contribution < 1.29 is 75.8 Å². The minimum absolute atomic E-state index is 0.0119. The molecular weight excluding hydrogens is 1860 g/mol. The van der Waals surface area contributed by atoms with Gasteiger partial charge in [-0.25, -0.2) is 29.9 Å². The van der Waals surface area contributed by atoms with Crippen LogP contribution in [-0.4, -0.2) is 255 Å². The van der Waals surface area contributed by atoms with Gasteiger partial charge >= 0.3 is 0 Å². The average Bonchev–Trinajstić information content (AvgIpc) is 1.34. The zero-order chi connectivity index (χ0) is 97.6. The van der Waals surface area contributed by atoms with Crippen molar-refractivity contribution in [3.05, 3.63) is 176 Å². The Morgan fingerprint density at radius 2 is 0.735 bits per heavy atom. The van der Waals surface area contributed by atoms with Gasteiger partial charge in [0.2, 0.25) is 29.4 Å². The lowest BCUT2D eigenvalue weighted by atomic mass is 10.1. The summed E-state index contributed by atoms with van der Waals surface area (Å²) in [6, 6.07) is 43.6. The Bertz CT molecular complexity index is 6010. The number of morpholine rings is 1. The molecule has 0 aliphatic carbocycles. The maximum Gasteiger partial charge on any atom is 0.295 e. The number of pyridine rings is 6. The van der Waals surface area contributed by atoms with Crippen molar-refractivity contribution in [3.63, 3.8) is 0 Å². The Morgan fingerprint density at radius 3 is 1.10 bits per heavy atom. The van der Waals surface area contributed by atoms with E-state index in [4.69, 9.17) is 145 Å². The van der Waals surface area contributed by atoms with E-state index in [1.807, 2.05) is 220 Å². The summed E-state index contributed by atoms with van der Waals surface area (Å²) >= 11 is 37.9.